The van der Waals surface area contributed by atoms with Crippen LogP contribution in [0.4, 0.5) is 5.69 Å². The average Bonchev–Trinajstić information content (AvgIpc) is 2.92. The summed E-state index contributed by atoms with van der Waals surface area (Å²) in [6.07, 6.45) is 0.737. The number of carbonyl (C=O) groups is 2. The summed E-state index contributed by atoms with van der Waals surface area (Å²) in [5, 5.41) is 3.32. The van der Waals surface area contributed by atoms with E-state index in [9.17, 15) is 18.0 Å². The largest absolute Gasteiger partial charge is 0.352 e. The lowest BCUT2D eigenvalue weighted by Crippen LogP contribution is -2.52. The van der Waals surface area contributed by atoms with Gasteiger partial charge in [0.2, 0.25) is 11.8 Å². The molecule has 1 N–H and O–H groups in total. The first kappa shape index (κ1) is 31.2. The maximum absolute atomic E-state index is 14.0. The number of aryl methyl sites for hydroxylation is 3. The lowest BCUT2D eigenvalue weighted by molar-refractivity contribution is -0.139. The van der Waals surface area contributed by atoms with Crippen LogP contribution in [0, 0.1) is 20.8 Å². The van der Waals surface area contributed by atoms with E-state index in [0.717, 1.165) is 33.0 Å². The molecule has 0 radical (unpaired) electrons. The number of sulfonamides is 1. The molecule has 9 heteroatoms. The number of hydrogen-bond acceptors (Lipinski definition) is 4. The monoisotopic (exact) mass is 583 g/mol. The van der Waals surface area contributed by atoms with E-state index >= 15 is 0 Å². The Labute approximate surface area is 243 Å². The molecular formula is C31H38ClN3O4S. The number of nitrogens with one attached hydrogen (secondary N) is 1. The van der Waals surface area contributed by atoms with E-state index in [1.807, 2.05) is 58.9 Å². The first-order valence-corrected chi connectivity index (χ1v) is 15.2. The van der Waals surface area contributed by atoms with Crippen molar-refractivity contribution >= 4 is 39.1 Å². The van der Waals surface area contributed by atoms with Gasteiger partial charge in [-0.3, -0.25) is 13.9 Å². The van der Waals surface area contributed by atoms with E-state index in [1.54, 1.807) is 37.3 Å². The molecule has 2 amide bonds. The molecule has 214 valence electrons. The number of anilines is 1. The van der Waals surface area contributed by atoms with Crippen LogP contribution in [0.3, 0.4) is 0 Å². The van der Waals surface area contributed by atoms with Crippen LogP contribution in [0.15, 0.2) is 71.6 Å². The third-order valence-corrected chi connectivity index (χ3v) is 9.30. The van der Waals surface area contributed by atoms with E-state index in [2.05, 4.69) is 5.32 Å². The maximum atomic E-state index is 14.0. The normalized spacial score (nSPS) is 12.9. The van der Waals surface area contributed by atoms with Gasteiger partial charge >= 0.3 is 0 Å². The minimum absolute atomic E-state index is 0.0515. The van der Waals surface area contributed by atoms with Crippen molar-refractivity contribution in [2.75, 3.05) is 10.8 Å². The maximum Gasteiger partial charge on any atom is 0.264 e. The molecular weight excluding hydrogens is 546 g/mol. The van der Waals surface area contributed by atoms with Crippen LogP contribution in [-0.2, 0) is 26.2 Å². The summed E-state index contributed by atoms with van der Waals surface area (Å²) in [5.41, 5.74) is 3.78. The van der Waals surface area contributed by atoms with Gasteiger partial charge in [-0.25, -0.2) is 8.42 Å². The molecule has 0 aliphatic heterocycles. The van der Waals surface area contributed by atoms with Crippen LogP contribution in [0.25, 0.3) is 0 Å². The van der Waals surface area contributed by atoms with Crippen LogP contribution in [0.5, 0.6) is 0 Å². The third kappa shape index (κ3) is 7.43. The molecule has 0 aliphatic carbocycles. The predicted molar refractivity (Wildman–Crippen MR) is 161 cm³/mol. The zero-order chi connectivity index (χ0) is 29.6. The summed E-state index contributed by atoms with van der Waals surface area (Å²) >= 11 is 6.38. The second-order valence-electron chi connectivity index (χ2n) is 10.2. The van der Waals surface area contributed by atoms with E-state index in [4.69, 9.17) is 11.6 Å². The molecule has 0 bridgehead atoms. The van der Waals surface area contributed by atoms with E-state index in [-0.39, 0.29) is 29.1 Å². The van der Waals surface area contributed by atoms with Crippen molar-refractivity contribution in [3.05, 3.63) is 94.0 Å². The quantitative estimate of drug-likeness (QED) is 0.309. The Hall–Kier alpha value is -3.36. The molecule has 40 heavy (non-hydrogen) atoms. The molecule has 0 aliphatic rings. The van der Waals surface area contributed by atoms with Crippen LogP contribution in [-0.4, -0.2) is 43.8 Å². The van der Waals surface area contributed by atoms with Crippen molar-refractivity contribution in [3.63, 3.8) is 0 Å². The highest BCUT2D eigenvalue weighted by molar-refractivity contribution is 7.92. The van der Waals surface area contributed by atoms with Crippen LogP contribution in [0.2, 0.25) is 5.02 Å². The predicted octanol–water partition coefficient (Wildman–Crippen LogP) is 5.79. The van der Waals surface area contributed by atoms with Gasteiger partial charge in [-0.15, -0.1) is 0 Å². The molecule has 7 nitrogen and oxygen atoms in total. The second-order valence-corrected chi connectivity index (χ2v) is 12.5. The Kier molecular flexibility index (Phi) is 10.4. The zero-order valence-electron chi connectivity index (χ0n) is 23.9. The molecule has 0 fully saturated rings. The molecule has 3 aromatic rings. The number of carbonyl (C=O) groups excluding carboxylic acids is 2. The van der Waals surface area contributed by atoms with Gasteiger partial charge in [0.1, 0.15) is 12.6 Å². The summed E-state index contributed by atoms with van der Waals surface area (Å²) in [5.74, 6) is -0.815. The first-order valence-electron chi connectivity index (χ1n) is 13.3. The van der Waals surface area contributed by atoms with E-state index in [0.29, 0.717) is 5.02 Å². The number of nitrogens with zero attached hydrogens (tertiary/aromatic N) is 2. The van der Waals surface area contributed by atoms with E-state index in [1.165, 1.54) is 17.0 Å². The summed E-state index contributed by atoms with van der Waals surface area (Å²) in [6, 6.07) is 18.0. The van der Waals surface area contributed by atoms with E-state index < -0.39 is 28.5 Å². The van der Waals surface area contributed by atoms with Crippen LogP contribution < -0.4 is 9.62 Å². The minimum Gasteiger partial charge on any atom is -0.352 e. The standard InChI is InChI=1S/C31H38ClN3O4S/c1-7-24(5)33-31(37)25(6)34(19-26-11-9-8-10-22(26)3)30(36)20-35(27-15-14-23(4)29(32)18-27)40(38,39)28-16-12-21(2)13-17-28/h8-18,24-25H,7,19-20H2,1-6H3,(H,33,37)/t24-,25+/m0/s1. The lowest BCUT2D eigenvalue weighted by Gasteiger charge is -2.33. The summed E-state index contributed by atoms with van der Waals surface area (Å²) in [6.45, 7) is 10.8. The van der Waals surface area contributed by atoms with Crippen molar-refractivity contribution in [2.24, 2.45) is 0 Å². The number of halogens is 1. The molecule has 2 atom stereocenters. The Morgan fingerprint density at radius 1 is 0.925 bits per heavy atom. The fraction of sp³-hybridized carbons (Fsp3) is 0.355. The van der Waals surface area contributed by atoms with Crippen molar-refractivity contribution in [3.8, 4) is 0 Å². The summed E-state index contributed by atoms with van der Waals surface area (Å²) in [7, 11) is -4.15. The Morgan fingerprint density at radius 2 is 1.57 bits per heavy atom. The number of amides is 2. The Balaban J connectivity index is 2.06. The zero-order valence-corrected chi connectivity index (χ0v) is 25.5. The van der Waals surface area contributed by atoms with Gasteiger partial charge in [0.15, 0.2) is 0 Å². The fourth-order valence-corrected chi connectivity index (χ4v) is 5.70. The van der Waals surface area contributed by atoms with Crippen LogP contribution in [0.1, 0.15) is 49.4 Å². The third-order valence-electron chi connectivity index (χ3n) is 7.10. The molecule has 0 saturated heterocycles. The summed E-state index contributed by atoms with van der Waals surface area (Å²) in [4.78, 5) is 28.7. The molecule has 0 aromatic heterocycles. The summed E-state index contributed by atoms with van der Waals surface area (Å²) < 4.78 is 28.9. The molecule has 3 rings (SSSR count). The van der Waals surface area contributed by atoms with Crippen molar-refractivity contribution < 1.29 is 18.0 Å². The van der Waals surface area contributed by atoms with Crippen molar-refractivity contribution in [1.82, 2.24) is 10.2 Å². The SMILES string of the molecule is CC[C@H](C)NC(=O)[C@@H](C)N(Cc1ccccc1C)C(=O)CN(c1ccc(C)c(Cl)c1)S(=O)(=O)c1ccc(C)cc1. The van der Waals surface area contributed by atoms with Gasteiger partial charge < -0.3 is 10.2 Å². The van der Waals surface area contributed by atoms with Gasteiger partial charge in [-0.05, 0) is 82.0 Å². The highest BCUT2D eigenvalue weighted by Crippen LogP contribution is 2.29. The van der Waals surface area contributed by atoms with Gasteiger partial charge in [-0.1, -0.05) is 66.6 Å². The minimum atomic E-state index is -4.15. The van der Waals surface area contributed by atoms with Gasteiger partial charge in [-0.2, -0.15) is 0 Å². The number of hydrogen-bond donors (Lipinski definition) is 1. The molecule has 0 heterocycles. The van der Waals surface area contributed by atoms with Crippen LogP contribution >= 0.6 is 11.6 Å². The van der Waals surface area contributed by atoms with Crippen molar-refractivity contribution in [2.45, 2.75) is 71.5 Å². The fourth-order valence-electron chi connectivity index (χ4n) is 4.12. The number of rotatable bonds is 11. The molecule has 3 aromatic carbocycles. The van der Waals surface area contributed by atoms with Crippen molar-refractivity contribution in [1.29, 1.82) is 0 Å². The van der Waals surface area contributed by atoms with Gasteiger partial charge in [0.05, 0.1) is 10.6 Å². The Morgan fingerprint density at radius 3 is 2.17 bits per heavy atom. The highest BCUT2D eigenvalue weighted by Gasteiger charge is 2.33. The first-order chi connectivity index (χ1) is 18.8. The highest BCUT2D eigenvalue weighted by atomic mass is 35.5. The topological polar surface area (TPSA) is 86.8 Å². The smallest absolute Gasteiger partial charge is 0.264 e. The molecule has 0 spiro atoms. The lowest BCUT2D eigenvalue weighted by atomic mass is 10.1. The Bertz CT molecular complexity index is 1460. The molecule has 0 unspecified atom stereocenters. The second kappa shape index (κ2) is 13.3. The number of benzene rings is 3. The average molecular weight is 584 g/mol. The molecule has 0 saturated carbocycles. The van der Waals surface area contributed by atoms with Gasteiger partial charge in [0, 0.05) is 17.6 Å². The van der Waals surface area contributed by atoms with Gasteiger partial charge in [0.25, 0.3) is 10.0 Å².